The Labute approximate surface area is 213 Å². The molecule has 2 N–H and O–H groups in total. The van der Waals surface area contributed by atoms with Crippen LogP contribution in [0.1, 0.15) is 18.1 Å². The Balaban J connectivity index is 1.68. The molecule has 2 aromatic carbocycles. The van der Waals surface area contributed by atoms with Gasteiger partial charge in [0.1, 0.15) is 24.2 Å². The van der Waals surface area contributed by atoms with Gasteiger partial charge in [0.05, 0.1) is 19.4 Å². The second-order valence-corrected chi connectivity index (χ2v) is 8.69. The molecule has 0 bridgehead atoms. The van der Waals surface area contributed by atoms with Gasteiger partial charge in [-0.3, -0.25) is 13.9 Å². The van der Waals surface area contributed by atoms with Crippen LogP contribution >= 0.6 is 0 Å². The van der Waals surface area contributed by atoms with Crippen molar-refractivity contribution < 1.29 is 14.6 Å². The number of methoxy groups -OCH3 is 1. The van der Waals surface area contributed by atoms with Crippen molar-refractivity contribution in [2.45, 2.75) is 26.5 Å². The summed E-state index contributed by atoms with van der Waals surface area (Å²) in [5.41, 5.74) is 4.67. The molecule has 11 nitrogen and oxygen atoms in total. The van der Waals surface area contributed by atoms with Crippen molar-refractivity contribution in [3.8, 4) is 11.5 Å². The van der Waals surface area contributed by atoms with Gasteiger partial charge in [-0.05, 0) is 55.3 Å². The van der Waals surface area contributed by atoms with Crippen molar-refractivity contribution in [2.24, 2.45) is 19.2 Å². The van der Waals surface area contributed by atoms with Gasteiger partial charge in [-0.15, -0.1) is 0 Å². The smallest absolute Gasteiger partial charge is 0.332 e. The number of hydrogen-bond donors (Lipinski definition) is 2. The number of hydrazone groups is 1. The molecule has 194 valence electrons. The first kappa shape index (κ1) is 25.7. The molecule has 0 saturated carbocycles. The molecule has 2 heterocycles. The maximum atomic E-state index is 13.1. The van der Waals surface area contributed by atoms with Crippen molar-refractivity contribution in [3.63, 3.8) is 0 Å². The molecule has 0 unspecified atom stereocenters. The average Bonchev–Trinajstić information content (AvgIpc) is 3.26. The summed E-state index contributed by atoms with van der Waals surface area (Å²) < 4.78 is 14.8. The highest BCUT2D eigenvalue weighted by atomic mass is 16.5. The average molecular weight is 507 g/mol. The molecule has 4 rings (SSSR count). The van der Waals surface area contributed by atoms with E-state index in [0.717, 1.165) is 21.4 Å². The quantitative estimate of drug-likeness (QED) is 0.263. The molecule has 4 aromatic rings. The molecule has 0 fully saturated rings. The van der Waals surface area contributed by atoms with E-state index in [-0.39, 0.29) is 30.3 Å². The third-order valence-corrected chi connectivity index (χ3v) is 6.10. The summed E-state index contributed by atoms with van der Waals surface area (Å²) in [5.74, 6) is 1.59. The predicted molar refractivity (Wildman–Crippen MR) is 142 cm³/mol. The largest absolute Gasteiger partial charge is 0.497 e. The van der Waals surface area contributed by atoms with Crippen LogP contribution in [0.5, 0.6) is 11.5 Å². The maximum absolute atomic E-state index is 13.1. The summed E-state index contributed by atoms with van der Waals surface area (Å²) in [6.45, 7) is 3.71. The minimum atomic E-state index is -0.980. The minimum absolute atomic E-state index is 0.00973. The van der Waals surface area contributed by atoms with E-state index in [0.29, 0.717) is 11.5 Å². The molecule has 0 radical (unpaired) electrons. The predicted octanol–water partition coefficient (Wildman–Crippen LogP) is 2.03. The number of hydrogen-bond acceptors (Lipinski definition) is 8. The zero-order valence-electron chi connectivity index (χ0n) is 21.4. The number of imidazole rings is 1. The van der Waals surface area contributed by atoms with Crippen LogP contribution < -0.4 is 26.1 Å². The van der Waals surface area contributed by atoms with E-state index in [9.17, 15) is 14.7 Å². The molecular weight excluding hydrogens is 476 g/mol. The molecule has 37 heavy (non-hydrogen) atoms. The molecule has 0 aliphatic rings. The third-order valence-electron chi connectivity index (χ3n) is 6.10. The zero-order chi connectivity index (χ0) is 26.7. The summed E-state index contributed by atoms with van der Waals surface area (Å²) in [4.78, 5) is 30.0. The number of nitrogens with one attached hydrogen (secondary N) is 1. The van der Waals surface area contributed by atoms with E-state index in [1.807, 2.05) is 62.4 Å². The van der Waals surface area contributed by atoms with Crippen molar-refractivity contribution in [1.82, 2.24) is 18.7 Å². The van der Waals surface area contributed by atoms with Crippen LogP contribution in [0.3, 0.4) is 0 Å². The van der Waals surface area contributed by atoms with Crippen LogP contribution in [0.25, 0.3) is 11.2 Å². The van der Waals surface area contributed by atoms with E-state index in [1.165, 1.54) is 23.2 Å². The number of ether oxygens (including phenoxy) is 2. The number of aryl methyl sites for hydroxylation is 2. The Morgan fingerprint density at radius 1 is 1.11 bits per heavy atom. The number of aromatic nitrogens is 4. The lowest BCUT2D eigenvalue weighted by atomic mass is 10.1. The molecule has 0 saturated heterocycles. The lowest BCUT2D eigenvalue weighted by molar-refractivity contribution is 0.0935. The number of para-hydroxylation sites is 1. The Kier molecular flexibility index (Phi) is 7.44. The number of anilines is 1. The summed E-state index contributed by atoms with van der Waals surface area (Å²) in [5, 5.41) is 15.2. The van der Waals surface area contributed by atoms with Gasteiger partial charge in [0.25, 0.3) is 5.56 Å². The summed E-state index contributed by atoms with van der Waals surface area (Å²) in [6, 6.07) is 14.9. The summed E-state index contributed by atoms with van der Waals surface area (Å²) in [7, 11) is 4.53. The normalized spacial score (nSPS) is 12.5. The number of rotatable bonds is 9. The Bertz CT molecular complexity index is 1570. The van der Waals surface area contributed by atoms with Crippen LogP contribution in [-0.2, 0) is 20.6 Å². The van der Waals surface area contributed by atoms with E-state index in [4.69, 9.17) is 9.47 Å². The fraction of sp³-hybridized carbons (Fsp3) is 0.308. The molecule has 11 heteroatoms. The van der Waals surface area contributed by atoms with Gasteiger partial charge in [-0.2, -0.15) is 10.1 Å². The van der Waals surface area contributed by atoms with Crippen LogP contribution in [0.2, 0.25) is 0 Å². The van der Waals surface area contributed by atoms with Crippen molar-refractivity contribution in [3.05, 3.63) is 80.5 Å². The lowest BCUT2D eigenvalue weighted by Gasteiger charge is -2.16. The molecule has 2 aromatic heterocycles. The SMILES string of the molecule is COc1ccc(/C(C)=N\Nc2nc3c(c(=O)n(C)c(=O)n3C)n2C[C@H](O)COc2ccccc2C)cc1. The number of aliphatic hydroxyl groups is 1. The second-order valence-electron chi connectivity index (χ2n) is 8.69. The molecule has 0 amide bonds. The number of aliphatic hydroxyl groups excluding tert-OH is 1. The molecular formula is C26H30N6O5. The van der Waals surface area contributed by atoms with Crippen LogP contribution in [-0.4, -0.2) is 49.3 Å². The van der Waals surface area contributed by atoms with Gasteiger partial charge >= 0.3 is 5.69 Å². The zero-order valence-corrected chi connectivity index (χ0v) is 21.4. The molecule has 0 aliphatic carbocycles. The first-order valence-electron chi connectivity index (χ1n) is 11.7. The molecule has 1 atom stereocenters. The Morgan fingerprint density at radius 2 is 1.81 bits per heavy atom. The van der Waals surface area contributed by atoms with Gasteiger partial charge in [-0.1, -0.05) is 18.2 Å². The third kappa shape index (κ3) is 5.26. The highest BCUT2D eigenvalue weighted by Crippen LogP contribution is 2.19. The maximum Gasteiger partial charge on any atom is 0.332 e. The first-order chi connectivity index (χ1) is 17.7. The molecule has 0 aliphatic heterocycles. The van der Waals surface area contributed by atoms with Crippen molar-refractivity contribution >= 4 is 22.8 Å². The Morgan fingerprint density at radius 3 is 2.49 bits per heavy atom. The van der Waals surface area contributed by atoms with Gasteiger partial charge < -0.3 is 19.1 Å². The standard InChI is InChI=1S/C26H30N6O5/c1-16-8-6-7-9-21(16)37-15-19(33)14-32-22-23(30(3)26(35)31(4)24(22)34)27-25(32)29-28-17(2)18-10-12-20(36-5)13-11-18/h6-13,19,33H,14-15H2,1-5H3,(H,27,29)/b28-17-/t19-/m0/s1. The topological polar surface area (TPSA) is 125 Å². The lowest BCUT2D eigenvalue weighted by Crippen LogP contribution is -2.38. The highest BCUT2D eigenvalue weighted by molar-refractivity contribution is 5.99. The van der Waals surface area contributed by atoms with E-state index in [1.54, 1.807) is 7.11 Å². The number of nitrogens with zero attached hydrogens (tertiary/aromatic N) is 5. The van der Waals surface area contributed by atoms with Crippen molar-refractivity contribution in [1.29, 1.82) is 0 Å². The Hall–Kier alpha value is -4.38. The number of benzene rings is 2. The van der Waals surface area contributed by atoms with Gasteiger partial charge in [0, 0.05) is 14.1 Å². The monoisotopic (exact) mass is 506 g/mol. The minimum Gasteiger partial charge on any atom is -0.497 e. The van der Waals surface area contributed by atoms with E-state index >= 15 is 0 Å². The summed E-state index contributed by atoms with van der Waals surface area (Å²) >= 11 is 0. The van der Waals surface area contributed by atoms with E-state index in [2.05, 4.69) is 15.5 Å². The van der Waals surface area contributed by atoms with Gasteiger partial charge in [0.2, 0.25) is 5.95 Å². The number of fused-ring (bicyclic) bond motifs is 1. The first-order valence-corrected chi connectivity index (χ1v) is 11.7. The summed E-state index contributed by atoms with van der Waals surface area (Å²) in [6.07, 6.45) is -0.980. The van der Waals surface area contributed by atoms with Crippen LogP contribution in [0.4, 0.5) is 5.95 Å². The second kappa shape index (κ2) is 10.7. The highest BCUT2D eigenvalue weighted by Gasteiger charge is 2.21. The molecule has 0 spiro atoms. The fourth-order valence-corrected chi connectivity index (χ4v) is 3.91. The van der Waals surface area contributed by atoms with Gasteiger partial charge in [0.15, 0.2) is 11.2 Å². The van der Waals surface area contributed by atoms with Crippen molar-refractivity contribution in [2.75, 3.05) is 19.1 Å². The fourth-order valence-electron chi connectivity index (χ4n) is 3.91. The van der Waals surface area contributed by atoms with Gasteiger partial charge in [-0.25, -0.2) is 10.2 Å². The van der Waals surface area contributed by atoms with E-state index < -0.39 is 17.4 Å². The van der Waals surface area contributed by atoms with Crippen LogP contribution in [0, 0.1) is 6.92 Å². The van der Waals surface area contributed by atoms with Crippen LogP contribution in [0.15, 0.2) is 63.2 Å².